The van der Waals surface area contributed by atoms with E-state index in [4.69, 9.17) is 52.1 Å². The molecule has 2 N–H and O–H groups in total. The van der Waals surface area contributed by atoms with E-state index in [9.17, 15) is 14.4 Å². The van der Waals surface area contributed by atoms with Crippen LogP contribution >= 0.6 is 46.4 Å². The smallest absolute Gasteiger partial charge is 0.305 e. The van der Waals surface area contributed by atoms with Crippen LogP contribution in [0.2, 0.25) is 20.1 Å². The summed E-state index contributed by atoms with van der Waals surface area (Å²) >= 11 is 24.9. The number of halogens is 4. The molecule has 0 atom stereocenters. The summed E-state index contributed by atoms with van der Waals surface area (Å²) in [4.78, 5) is 43.6. The van der Waals surface area contributed by atoms with Crippen LogP contribution in [-0.4, -0.2) is 29.9 Å². The number of carbonyl (C=O) groups excluding carboxylic acids is 3. The molecule has 0 spiro atoms. The zero-order valence-electron chi connectivity index (χ0n) is 17.6. The fraction of sp³-hybridized carbons (Fsp3) is 0.130. The molecule has 176 valence electrons. The summed E-state index contributed by atoms with van der Waals surface area (Å²) < 4.78 is 4.63. The van der Waals surface area contributed by atoms with Crippen LogP contribution in [0.1, 0.15) is 32.7 Å². The van der Waals surface area contributed by atoms with Crippen molar-refractivity contribution in [2.24, 2.45) is 0 Å². The normalized spacial score (nSPS) is 10.6. The maximum Gasteiger partial charge on any atom is 0.305 e. The molecule has 11 heteroatoms. The molecule has 0 saturated carbocycles. The third-order valence-corrected chi connectivity index (χ3v) is 6.03. The van der Waals surface area contributed by atoms with Gasteiger partial charge in [-0.05, 0) is 42.3 Å². The lowest BCUT2D eigenvalue weighted by atomic mass is 10.1. The number of hydrogen-bond donors (Lipinski definition) is 1. The summed E-state index contributed by atoms with van der Waals surface area (Å²) in [6, 6.07) is 10.4. The van der Waals surface area contributed by atoms with Gasteiger partial charge in [-0.2, -0.15) is 0 Å². The third kappa shape index (κ3) is 5.45. The zero-order chi connectivity index (χ0) is 25.0. The van der Waals surface area contributed by atoms with Gasteiger partial charge in [-0.3, -0.25) is 14.4 Å². The predicted molar refractivity (Wildman–Crippen MR) is 133 cm³/mol. The van der Waals surface area contributed by atoms with Gasteiger partial charge in [0.05, 0.1) is 44.0 Å². The van der Waals surface area contributed by atoms with Gasteiger partial charge in [0.1, 0.15) is 0 Å². The number of anilines is 2. The van der Waals surface area contributed by atoms with Gasteiger partial charge in [-0.1, -0.05) is 58.5 Å². The molecule has 2 aromatic carbocycles. The molecule has 0 saturated heterocycles. The number of nitrogens with zero attached hydrogens (tertiary/aromatic N) is 2. The van der Waals surface area contributed by atoms with Crippen molar-refractivity contribution in [3.05, 3.63) is 85.4 Å². The number of carbonyl (C=O) groups is 3. The van der Waals surface area contributed by atoms with Gasteiger partial charge < -0.3 is 10.5 Å². The number of methoxy groups -OCH3 is 1. The molecule has 0 aliphatic heterocycles. The lowest BCUT2D eigenvalue weighted by Gasteiger charge is -2.23. The second kappa shape index (κ2) is 11.1. The lowest BCUT2D eigenvalue weighted by Crippen LogP contribution is -2.39. The number of imide groups is 1. The van der Waals surface area contributed by atoms with Crippen molar-refractivity contribution in [1.29, 1.82) is 0 Å². The molecule has 3 rings (SSSR count). The van der Waals surface area contributed by atoms with Crippen molar-refractivity contribution in [3.63, 3.8) is 0 Å². The summed E-state index contributed by atoms with van der Waals surface area (Å²) in [5, 5.41) is 0.0882. The summed E-state index contributed by atoms with van der Waals surface area (Å²) in [5.41, 5.74) is 6.53. The first kappa shape index (κ1) is 25.8. The Morgan fingerprint density at radius 2 is 1.38 bits per heavy atom. The van der Waals surface area contributed by atoms with Gasteiger partial charge in [0.15, 0.2) is 5.82 Å². The highest BCUT2D eigenvalue weighted by Gasteiger charge is 2.33. The minimum Gasteiger partial charge on any atom is -0.469 e. The summed E-state index contributed by atoms with van der Waals surface area (Å²) in [6.07, 6.45) is 1.78. The van der Waals surface area contributed by atoms with Gasteiger partial charge in [0, 0.05) is 12.6 Å². The van der Waals surface area contributed by atoms with Gasteiger partial charge >= 0.3 is 5.97 Å². The number of aromatic nitrogens is 1. The molecule has 1 aromatic heterocycles. The minimum atomic E-state index is -0.877. The average molecular weight is 541 g/mol. The molecule has 34 heavy (non-hydrogen) atoms. The largest absolute Gasteiger partial charge is 0.469 e. The average Bonchev–Trinajstić information content (AvgIpc) is 2.78. The van der Waals surface area contributed by atoms with Crippen LogP contribution in [0.25, 0.3) is 0 Å². The number of hydrogen-bond acceptors (Lipinski definition) is 6. The number of nitrogen functional groups attached to an aromatic ring is 1. The fourth-order valence-electron chi connectivity index (χ4n) is 3.10. The summed E-state index contributed by atoms with van der Waals surface area (Å²) in [6.45, 7) is 0. The molecule has 2 amide bonds. The first-order chi connectivity index (χ1) is 16.1. The van der Waals surface area contributed by atoms with Crippen molar-refractivity contribution in [2.45, 2.75) is 12.8 Å². The second-order valence-electron chi connectivity index (χ2n) is 6.97. The molecule has 0 unspecified atom stereocenters. The van der Waals surface area contributed by atoms with Crippen LogP contribution in [-0.2, 0) is 16.0 Å². The van der Waals surface area contributed by atoms with E-state index < -0.39 is 17.8 Å². The van der Waals surface area contributed by atoms with E-state index in [2.05, 4.69) is 9.72 Å². The van der Waals surface area contributed by atoms with Gasteiger partial charge in [-0.15, -0.1) is 0 Å². The van der Waals surface area contributed by atoms with Gasteiger partial charge in [0.2, 0.25) is 0 Å². The number of benzene rings is 2. The van der Waals surface area contributed by atoms with Gasteiger partial charge in [-0.25, -0.2) is 9.88 Å². The Morgan fingerprint density at radius 3 is 1.79 bits per heavy atom. The van der Waals surface area contributed by atoms with E-state index in [0.29, 0.717) is 12.0 Å². The molecule has 0 bridgehead atoms. The highest BCUT2D eigenvalue weighted by atomic mass is 35.5. The Morgan fingerprint density at radius 1 is 0.912 bits per heavy atom. The topological polar surface area (TPSA) is 103 Å². The van der Waals surface area contributed by atoms with E-state index in [1.54, 1.807) is 12.1 Å². The molecular weight excluding hydrogens is 524 g/mol. The number of rotatable bonds is 6. The van der Waals surface area contributed by atoms with Crippen LogP contribution in [0.5, 0.6) is 0 Å². The standard InChI is InChI=1S/C23H17Cl4N3O4/c1-34-18(31)9-8-12-10-17(28)21(29-11-12)30(22(32)19-13(24)4-2-5-14(19)25)23(33)20-15(26)6-3-7-16(20)27/h2-7,10-11H,8-9,28H2,1H3. The summed E-state index contributed by atoms with van der Waals surface area (Å²) in [5.74, 6) is -2.34. The number of aryl methyl sites for hydroxylation is 1. The quantitative estimate of drug-likeness (QED) is 0.310. The van der Waals surface area contributed by atoms with Crippen LogP contribution in [0.4, 0.5) is 11.5 Å². The maximum absolute atomic E-state index is 13.6. The van der Waals surface area contributed by atoms with Gasteiger partial charge in [0.25, 0.3) is 11.8 Å². The highest BCUT2D eigenvalue weighted by Crippen LogP contribution is 2.33. The van der Waals surface area contributed by atoms with E-state index in [1.807, 2.05) is 0 Å². The number of amides is 2. The molecule has 7 nitrogen and oxygen atoms in total. The molecule has 0 fully saturated rings. The van der Waals surface area contributed by atoms with Crippen LogP contribution in [0, 0.1) is 0 Å². The Hall–Kier alpha value is -2.84. The SMILES string of the molecule is COC(=O)CCc1cnc(N(C(=O)c2c(Cl)cccc2Cl)C(=O)c2c(Cl)cccc2Cl)c(N)c1. The van der Waals surface area contributed by atoms with Crippen LogP contribution in [0.3, 0.4) is 0 Å². The first-order valence-electron chi connectivity index (χ1n) is 9.73. The maximum atomic E-state index is 13.6. The number of nitrogens with two attached hydrogens (primary N) is 1. The lowest BCUT2D eigenvalue weighted by molar-refractivity contribution is -0.140. The second-order valence-corrected chi connectivity index (χ2v) is 8.60. The van der Waals surface area contributed by atoms with Crippen molar-refractivity contribution in [2.75, 3.05) is 17.7 Å². The fourth-order valence-corrected chi connectivity index (χ4v) is 4.22. The van der Waals surface area contributed by atoms with Crippen molar-refractivity contribution < 1.29 is 19.1 Å². The Labute approximate surface area is 215 Å². The Kier molecular flexibility index (Phi) is 8.38. The number of esters is 1. The molecule has 0 aliphatic rings. The van der Waals surface area contributed by atoms with Crippen molar-refractivity contribution >= 4 is 75.7 Å². The molecule has 3 aromatic rings. The van der Waals surface area contributed by atoms with E-state index in [1.165, 1.54) is 43.6 Å². The van der Waals surface area contributed by atoms with E-state index >= 15 is 0 Å². The molecule has 0 radical (unpaired) electrons. The molecular formula is C23H17Cl4N3O4. The van der Waals surface area contributed by atoms with Crippen LogP contribution < -0.4 is 10.6 Å². The Balaban J connectivity index is 2.13. The van der Waals surface area contributed by atoms with Crippen LogP contribution in [0.15, 0.2) is 48.7 Å². The minimum absolute atomic E-state index is 0.00424. The van der Waals surface area contributed by atoms with E-state index in [-0.39, 0.29) is 49.1 Å². The molecule has 1 heterocycles. The highest BCUT2D eigenvalue weighted by molar-refractivity contribution is 6.45. The summed E-state index contributed by atoms with van der Waals surface area (Å²) in [7, 11) is 1.28. The van der Waals surface area contributed by atoms with E-state index in [0.717, 1.165) is 4.90 Å². The Bertz CT molecular complexity index is 1180. The molecule has 0 aliphatic carbocycles. The number of pyridine rings is 1. The van der Waals surface area contributed by atoms with Crippen molar-refractivity contribution in [3.8, 4) is 0 Å². The first-order valence-corrected chi connectivity index (χ1v) is 11.2. The number of ether oxygens (including phenoxy) is 1. The monoisotopic (exact) mass is 539 g/mol. The predicted octanol–water partition coefficient (Wildman–Crippen LogP) is 5.87. The van der Waals surface area contributed by atoms with Crippen molar-refractivity contribution in [1.82, 2.24) is 4.98 Å². The third-order valence-electron chi connectivity index (χ3n) is 4.77. The zero-order valence-corrected chi connectivity index (χ0v) is 20.7.